The fourth-order valence-corrected chi connectivity index (χ4v) is 0.750. The van der Waals surface area contributed by atoms with Gasteiger partial charge in [-0.15, -0.1) is 0 Å². The summed E-state index contributed by atoms with van der Waals surface area (Å²) in [6.45, 7) is 0.843. The van der Waals surface area contributed by atoms with Crippen LogP contribution in [-0.2, 0) is 20.9 Å². The Morgan fingerprint density at radius 3 is 3.07 bits per heavy atom. The predicted molar refractivity (Wildman–Crippen MR) is 46.0 cm³/mol. The van der Waals surface area contributed by atoms with Gasteiger partial charge in [0.05, 0.1) is 13.2 Å². The monoisotopic (exact) mass is 200 g/mol. The van der Waals surface area contributed by atoms with Crippen molar-refractivity contribution < 1.29 is 14.4 Å². The van der Waals surface area contributed by atoms with Crippen molar-refractivity contribution in [3.63, 3.8) is 0 Å². The van der Waals surface area contributed by atoms with Gasteiger partial charge in [0.2, 0.25) is 0 Å². The van der Waals surface area contributed by atoms with E-state index < -0.39 is 0 Å². The van der Waals surface area contributed by atoms with Crippen LogP contribution in [-0.4, -0.2) is 41.0 Å². The summed E-state index contributed by atoms with van der Waals surface area (Å²) in [4.78, 5) is 19.6. The normalized spacial score (nSPS) is 10.1. The number of carbonyl (C=O) groups excluding carboxylic acids is 1. The summed E-state index contributed by atoms with van der Waals surface area (Å²) in [6.07, 6.45) is 2.81. The quantitative estimate of drug-likeness (QED) is 0.469. The SMILES string of the molecule is COCCONC(=O)Cn1cncn1. The summed E-state index contributed by atoms with van der Waals surface area (Å²) in [5.74, 6) is -0.286. The predicted octanol–water partition coefficient (Wildman–Crippen LogP) is -1.03. The van der Waals surface area contributed by atoms with Gasteiger partial charge in [0, 0.05) is 7.11 Å². The van der Waals surface area contributed by atoms with Gasteiger partial charge in [-0.05, 0) is 0 Å². The van der Waals surface area contributed by atoms with E-state index in [0.29, 0.717) is 13.2 Å². The smallest absolute Gasteiger partial charge is 0.265 e. The van der Waals surface area contributed by atoms with Crippen LogP contribution in [0.1, 0.15) is 0 Å². The molecule has 0 unspecified atom stereocenters. The lowest BCUT2D eigenvalue weighted by Gasteiger charge is -2.04. The molecule has 0 aliphatic rings. The van der Waals surface area contributed by atoms with Crippen LogP contribution >= 0.6 is 0 Å². The zero-order valence-electron chi connectivity index (χ0n) is 7.84. The molecule has 1 aromatic heterocycles. The summed E-state index contributed by atoms with van der Waals surface area (Å²) in [5.41, 5.74) is 2.25. The number of nitrogens with one attached hydrogen (secondary N) is 1. The molecule has 7 nitrogen and oxygen atoms in total. The topological polar surface area (TPSA) is 78.3 Å². The summed E-state index contributed by atoms with van der Waals surface area (Å²) >= 11 is 0. The van der Waals surface area contributed by atoms with Crippen LogP contribution in [0, 0.1) is 0 Å². The fourth-order valence-electron chi connectivity index (χ4n) is 0.750. The number of ether oxygens (including phenoxy) is 1. The molecule has 0 aliphatic carbocycles. The van der Waals surface area contributed by atoms with Gasteiger partial charge in [0.15, 0.2) is 0 Å². The molecule has 0 saturated carbocycles. The molecule has 0 fully saturated rings. The van der Waals surface area contributed by atoms with E-state index in [1.165, 1.54) is 17.3 Å². The van der Waals surface area contributed by atoms with Crippen molar-refractivity contribution in [2.75, 3.05) is 20.3 Å². The first-order valence-electron chi connectivity index (χ1n) is 4.05. The highest BCUT2D eigenvalue weighted by molar-refractivity contribution is 5.74. The van der Waals surface area contributed by atoms with Gasteiger partial charge in [-0.3, -0.25) is 9.63 Å². The van der Waals surface area contributed by atoms with Gasteiger partial charge in [-0.2, -0.15) is 5.10 Å². The Balaban J connectivity index is 2.11. The van der Waals surface area contributed by atoms with E-state index in [1.807, 2.05) is 0 Å². The van der Waals surface area contributed by atoms with Crippen molar-refractivity contribution in [3.05, 3.63) is 12.7 Å². The van der Waals surface area contributed by atoms with Crippen LogP contribution in [0.2, 0.25) is 0 Å². The zero-order valence-corrected chi connectivity index (χ0v) is 7.84. The molecule has 1 aromatic rings. The minimum absolute atomic E-state index is 0.0903. The molecular formula is C7H12N4O3. The van der Waals surface area contributed by atoms with Gasteiger partial charge in [-0.25, -0.2) is 15.1 Å². The number of hydrogen-bond acceptors (Lipinski definition) is 5. The highest BCUT2D eigenvalue weighted by Crippen LogP contribution is 1.80. The van der Waals surface area contributed by atoms with Gasteiger partial charge in [0.1, 0.15) is 19.2 Å². The summed E-state index contributed by atoms with van der Waals surface area (Å²) < 4.78 is 6.12. The van der Waals surface area contributed by atoms with Gasteiger partial charge in [-0.1, -0.05) is 0 Å². The minimum Gasteiger partial charge on any atom is -0.382 e. The lowest BCUT2D eigenvalue weighted by Crippen LogP contribution is -2.29. The molecule has 0 radical (unpaired) electrons. The Hall–Kier alpha value is -1.47. The number of nitrogens with zero attached hydrogens (tertiary/aromatic N) is 3. The first-order valence-corrected chi connectivity index (χ1v) is 4.05. The summed E-state index contributed by atoms with van der Waals surface area (Å²) in [7, 11) is 1.56. The Morgan fingerprint density at radius 2 is 2.43 bits per heavy atom. The molecule has 7 heteroatoms. The number of carbonyl (C=O) groups is 1. The van der Waals surface area contributed by atoms with Crippen LogP contribution in [0.25, 0.3) is 0 Å². The first-order chi connectivity index (χ1) is 6.83. The van der Waals surface area contributed by atoms with E-state index in [-0.39, 0.29) is 12.5 Å². The van der Waals surface area contributed by atoms with Crippen LogP contribution < -0.4 is 5.48 Å². The summed E-state index contributed by atoms with van der Waals surface area (Å²) in [6, 6.07) is 0. The summed E-state index contributed by atoms with van der Waals surface area (Å²) in [5, 5.41) is 3.77. The molecule has 1 N–H and O–H groups in total. The first kappa shape index (κ1) is 10.6. The standard InChI is InChI=1S/C7H12N4O3/c1-13-2-3-14-10-7(12)4-11-6-8-5-9-11/h5-6H,2-4H2,1H3,(H,10,12). The lowest BCUT2D eigenvalue weighted by molar-refractivity contribution is -0.135. The Kier molecular flexibility index (Phi) is 4.59. The van der Waals surface area contributed by atoms with Crippen LogP contribution in [0.4, 0.5) is 0 Å². The van der Waals surface area contributed by atoms with Crippen LogP contribution in [0.15, 0.2) is 12.7 Å². The highest BCUT2D eigenvalue weighted by Gasteiger charge is 2.01. The van der Waals surface area contributed by atoms with E-state index in [4.69, 9.17) is 9.57 Å². The average molecular weight is 200 g/mol. The van der Waals surface area contributed by atoms with E-state index >= 15 is 0 Å². The van der Waals surface area contributed by atoms with Crippen molar-refractivity contribution in [1.29, 1.82) is 0 Å². The Morgan fingerprint density at radius 1 is 1.57 bits per heavy atom. The number of rotatable bonds is 6. The number of hydrogen-bond donors (Lipinski definition) is 1. The van der Waals surface area contributed by atoms with Crippen molar-refractivity contribution in [3.8, 4) is 0 Å². The second-order valence-corrected chi connectivity index (χ2v) is 2.46. The number of aromatic nitrogens is 3. The second kappa shape index (κ2) is 6.06. The molecule has 0 aromatic carbocycles. The van der Waals surface area contributed by atoms with Crippen LogP contribution in [0.3, 0.4) is 0 Å². The third-order valence-electron chi connectivity index (χ3n) is 1.35. The van der Waals surface area contributed by atoms with Crippen LogP contribution in [0.5, 0.6) is 0 Å². The Bertz CT molecular complexity index is 262. The largest absolute Gasteiger partial charge is 0.382 e. The molecule has 1 heterocycles. The van der Waals surface area contributed by atoms with Crippen molar-refractivity contribution >= 4 is 5.91 Å². The highest BCUT2D eigenvalue weighted by atomic mass is 16.7. The van der Waals surface area contributed by atoms with E-state index in [0.717, 1.165) is 0 Å². The van der Waals surface area contributed by atoms with E-state index in [2.05, 4.69) is 15.6 Å². The lowest BCUT2D eigenvalue weighted by atomic mass is 10.6. The van der Waals surface area contributed by atoms with Crippen molar-refractivity contribution in [1.82, 2.24) is 20.2 Å². The van der Waals surface area contributed by atoms with Gasteiger partial charge in [0.25, 0.3) is 5.91 Å². The number of methoxy groups -OCH3 is 1. The third-order valence-corrected chi connectivity index (χ3v) is 1.35. The second-order valence-electron chi connectivity index (χ2n) is 2.46. The van der Waals surface area contributed by atoms with Crippen molar-refractivity contribution in [2.24, 2.45) is 0 Å². The zero-order chi connectivity index (χ0) is 10.2. The van der Waals surface area contributed by atoms with Crippen molar-refractivity contribution in [2.45, 2.75) is 6.54 Å². The molecule has 0 spiro atoms. The van der Waals surface area contributed by atoms with E-state index in [1.54, 1.807) is 7.11 Å². The molecule has 0 saturated heterocycles. The van der Waals surface area contributed by atoms with Gasteiger partial charge < -0.3 is 4.74 Å². The number of hydroxylamine groups is 1. The maximum absolute atomic E-state index is 11.1. The minimum atomic E-state index is -0.286. The van der Waals surface area contributed by atoms with E-state index in [9.17, 15) is 4.79 Å². The molecule has 14 heavy (non-hydrogen) atoms. The Labute approximate surface area is 81.0 Å². The average Bonchev–Trinajstić information content (AvgIpc) is 2.65. The molecule has 0 bridgehead atoms. The molecule has 0 atom stereocenters. The molecule has 1 amide bonds. The molecule has 78 valence electrons. The number of amides is 1. The maximum atomic E-state index is 11.1. The molecule has 1 rings (SSSR count). The maximum Gasteiger partial charge on any atom is 0.265 e. The molecule has 0 aliphatic heterocycles. The van der Waals surface area contributed by atoms with Gasteiger partial charge >= 0.3 is 0 Å². The third kappa shape index (κ3) is 3.97. The fraction of sp³-hybridized carbons (Fsp3) is 0.571. The molecular weight excluding hydrogens is 188 g/mol.